The van der Waals surface area contributed by atoms with Crippen LogP contribution in [-0.2, 0) is 0 Å². The molecule has 2 rings (SSSR count). The SMILES string of the molecule is C[Si](C)(C)c1cccc(-c2ccc(N)c(N)c2)c1. The molecule has 0 amide bonds. The van der Waals surface area contributed by atoms with E-state index >= 15 is 0 Å². The highest BCUT2D eigenvalue weighted by atomic mass is 28.3. The Morgan fingerprint density at radius 2 is 1.44 bits per heavy atom. The molecule has 94 valence electrons. The fourth-order valence-electron chi connectivity index (χ4n) is 1.92. The molecule has 0 saturated carbocycles. The third-order valence-electron chi connectivity index (χ3n) is 3.15. The minimum atomic E-state index is -1.28. The summed E-state index contributed by atoms with van der Waals surface area (Å²) >= 11 is 0. The van der Waals surface area contributed by atoms with Gasteiger partial charge in [0.1, 0.15) is 0 Å². The van der Waals surface area contributed by atoms with Gasteiger partial charge in [0.25, 0.3) is 0 Å². The Bertz CT molecular complexity index is 571. The Hall–Kier alpha value is -1.74. The molecule has 3 heteroatoms. The van der Waals surface area contributed by atoms with Crippen molar-refractivity contribution in [2.75, 3.05) is 11.5 Å². The highest BCUT2D eigenvalue weighted by Crippen LogP contribution is 2.25. The van der Waals surface area contributed by atoms with Gasteiger partial charge in [-0.25, -0.2) is 0 Å². The van der Waals surface area contributed by atoms with E-state index in [9.17, 15) is 0 Å². The zero-order valence-electron chi connectivity index (χ0n) is 11.2. The average Bonchev–Trinajstić information content (AvgIpc) is 2.32. The Labute approximate surface area is 110 Å². The number of anilines is 2. The van der Waals surface area contributed by atoms with Crippen molar-refractivity contribution in [3.8, 4) is 11.1 Å². The lowest BCUT2D eigenvalue weighted by atomic mass is 10.0. The van der Waals surface area contributed by atoms with Crippen LogP contribution < -0.4 is 16.7 Å². The maximum atomic E-state index is 5.87. The molecular weight excluding hydrogens is 236 g/mol. The molecule has 2 aromatic carbocycles. The third-order valence-corrected chi connectivity index (χ3v) is 5.19. The van der Waals surface area contributed by atoms with Gasteiger partial charge in [-0.2, -0.15) is 0 Å². The summed E-state index contributed by atoms with van der Waals surface area (Å²) in [5.74, 6) is 0. The van der Waals surface area contributed by atoms with E-state index < -0.39 is 8.07 Å². The minimum Gasteiger partial charge on any atom is -0.397 e. The molecule has 4 N–H and O–H groups in total. The van der Waals surface area contributed by atoms with E-state index in [1.165, 1.54) is 10.8 Å². The molecule has 18 heavy (non-hydrogen) atoms. The van der Waals surface area contributed by atoms with E-state index in [4.69, 9.17) is 11.5 Å². The molecule has 0 radical (unpaired) electrons. The number of hydrogen-bond donors (Lipinski definition) is 2. The van der Waals surface area contributed by atoms with E-state index in [0.717, 1.165) is 5.56 Å². The van der Waals surface area contributed by atoms with Gasteiger partial charge in [0.2, 0.25) is 0 Å². The van der Waals surface area contributed by atoms with Crippen molar-refractivity contribution in [3.63, 3.8) is 0 Å². The number of hydrogen-bond acceptors (Lipinski definition) is 2. The summed E-state index contributed by atoms with van der Waals surface area (Å²) in [5, 5.41) is 1.45. The fourth-order valence-corrected chi connectivity index (χ4v) is 3.10. The van der Waals surface area contributed by atoms with E-state index in [1.807, 2.05) is 18.2 Å². The monoisotopic (exact) mass is 256 g/mol. The van der Waals surface area contributed by atoms with Gasteiger partial charge in [-0.05, 0) is 23.3 Å². The molecule has 0 aliphatic rings. The quantitative estimate of drug-likeness (QED) is 0.641. The summed E-state index contributed by atoms with van der Waals surface area (Å²) in [4.78, 5) is 0. The van der Waals surface area contributed by atoms with Crippen molar-refractivity contribution in [1.29, 1.82) is 0 Å². The van der Waals surface area contributed by atoms with Gasteiger partial charge in [0.05, 0.1) is 19.4 Å². The Morgan fingerprint density at radius 1 is 0.778 bits per heavy atom. The van der Waals surface area contributed by atoms with Crippen molar-refractivity contribution >= 4 is 24.6 Å². The van der Waals surface area contributed by atoms with Crippen LogP contribution in [0, 0.1) is 0 Å². The number of rotatable bonds is 2. The standard InChI is InChI=1S/C15H20N2Si/c1-18(2,3)13-6-4-5-11(9-13)12-7-8-14(16)15(17)10-12/h4-10H,16-17H2,1-3H3. The minimum absolute atomic E-state index is 0.639. The van der Waals surface area contributed by atoms with Gasteiger partial charge >= 0.3 is 0 Å². The van der Waals surface area contributed by atoms with Crippen LogP contribution in [0.4, 0.5) is 11.4 Å². The maximum Gasteiger partial charge on any atom is 0.0776 e. The summed E-state index contributed by atoms with van der Waals surface area (Å²) in [7, 11) is -1.28. The normalized spacial score (nSPS) is 11.5. The second-order valence-corrected chi connectivity index (χ2v) is 10.8. The summed E-state index contributed by atoms with van der Waals surface area (Å²) in [6.45, 7) is 7.05. The van der Waals surface area contributed by atoms with Crippen LogP contribution in [0.5, 0.6) is 0 Å². The lowest BCUT2D eigenvalue weighted by Gasteiger charge is -2.17. The number of nitrogens with two attached hydrogens (primary N) is 2. The summed E-state index contributed by atoms with van der Waals surface area (Å²) in [6, 6.07) is 14.6. The van der Waals surface area contributed by atoms with Gasteiger partial charge in [-0.3, -0.25) is 0 Å². The molecule has 0 saturated heterocycles. The van der Waals surface area contributed by atoms with Crippen LogP contribution in [0.1, 0.15) is 0 Å². The fraction of sp³-hybridized carbons (Fsp3) is 0.200. The van der Waals surface area contributed by atoms with Crippen molar-refractivity contribution < 1.29 is 0 Å². The Morgan fingerprint density at radius 3 is 2.06 bits per heavy atom. The molecule has 0 spiro atoms. The molecule has 0 unspecified atom stereocenters. The zero-order valence-corrected chi connectivity index (χ0v) is 12.2. The van der Waals surface area contributed by atoms with E-state index in [1.54, 1.807) is 0 Å². The van der Waals surface area contributed by atoms with Crippen LogP contribution in [0.15, 0.2) is 42.5 Å². The Balaban J connectivity index is 2.48. The molecular formula is C15H20N2Si. The number of nitrogen functional groups attached to an aromatic ring is 2. The molecule has 0 aliphatic carbocycles. The molecule has 0 bridgehead atoms. The maximum absolute atomic E-state index is 5.87. The van der Waals surface area contributed by atoms with Gasteiger partial charge < -0.3 is 11.5 Å². The van der Waals surface area contributed by atoms with Crippen LogP contribution in [0.2, 0.25) is 19.6 Å². The van der Waals surface area contributed by atoms with Gasteiger partial charge in [0.15, 0.2) is 0 Å². The summed E-state index contributed by atoms with van der Waals surface area (Å²) < 4.78 is 0. The van der Waals surface area contributed by atoms with Gasteiger partial charge in [0, 0.05) is 0 Å². The van der Waals surface area contributed by atoms with Crippen molar-refractivity contribution in [2.45, 2.75) is 19.6 Å². The summed E-state index contributed by atoms with van der Waals surface area (Å²) in [6.07, 6.45) is 0. The van der Waals surface area contributed by atoms with Crippen LogP contribution in [0.3, 0.4) is 0 Å². The van der Waals surface area contributed by atoms with E-state index in [2.05, 4.69) is 43.9 Å². The molecule has 0 aromatic heterocycles. The van der Waals surface area contributed by atoms with Crippen molar-refractivity contribution in [3.05, 3.63) is 42.5 Å². The highest BCUT2D eigenvalue weighted by Gasteiger charge is 2.16. The van der Waals surface area contributed by atoms with Crippen LogP contribution in [0.25, 0.3) is 11.1 Å². The first-order valence-corrected chi connectivity index (χ1v) is 9.64. The molecule has 0 atom stereocenters. The van der Waals surface area contributed by atoms with Crippen LogP contribution in [-0.4, -0.2) is 8.07 Å². The first-order chi connectivity index (χ1) is 8.38. The predicted octanol–water partition coefficient (Wildman–Crippen LogP) is 3.06. The van der Waals surface area contributed by atoms with Crippen molar-refractivity contribution in [1.82, 2.24) is 0 Å². The molecule has 2 aromatic rings. The predicted molar refractivity (Wildman–Crippen MR) is 83.7 cm³/mol. The Kier molecular flexibility index (Phi) is 3.18. The second-order valence-electron chi connectivity index (χ2n) is 5.67. The lowest BCUT2D eigenvalue weighted by molar-refractivity contribution is 1.60. The van der Waals surface area contributed by atoms with Crippen LogP contribution >= 0.6 is 0 Å². The molecule has 2 nitrogen and oxygen atoms in total. The zero-order chi connectivity index (χ0) is 13.3. The van der Waals surface area contributed by atoms with E-state index in [-0.39, 0.29) is 0 Å². The number of benzene rings is 2. The molecule has 0 heterocycles. The highest BCUT2D eigenvalue weighted by molar-refractivity contribution is 6.88. The first-order valence-electron chi connectivity index (χ1n) is 6.14. The van der Waals surface area contributed by atoms with E-state index in [0.29, 0.717) is 11.4 Å². The largest absolute Gasteiger partial charge is 0.397 e. The van der Waals surface area contributed by atoms with Crippen molar-refractivity contribution in [2.24, 2.45) is 0 Å². The smallest absolute Gasteiger partial charge is 0.0776 e. The molecule has 0 aliphatic heterocycles. The topological polar surface area (TPSA) is 52.0 Å². The lowest BCUT2D eigenvalue weighted by Crippen LogP contribution is -2.37. The average molecular weight is 256 g/mol. The molecule has 0 fully saturated rings. The first kappa shape index (κ1) is 12.7. The second kappa shape index (κ2) is 4.50. The van der Waals surface area contributed by atoms with Gasteiger partial charge in [-0.15, -0.1) is 0 Å². The summed E-state index contributed by atoms with van der Waals surface area (Å²) in [5.41, 5.74) is 15.2. The third kappa shape index (κ3) is 2.56. The van der Waals surface area contributed by atoms with Gasteiger partial charge in [-0.1, -0.05) is 55.2 Å².